The minimum Gasteiger partial charge on any atom is -0.384 e. The lowest BCUT2D eigenvalue weighted by Crippen LogP contribution is -2.54. The van der Waals surface area contributed by atoms with Crippen molar-refractivity contribution in [1.29, 1.82) is 0 Å². The zero-order valence-corrected chi connectivity index (χ0v) is 8.21. The summed E-state index contributed by atoms with van der Waals surface area (Å²) in [6.45, 7) is 3.09. The van der Waals surface area contributed by atoms with Gasteiger partial charge in [-0.3, -0.25) is 0 Å². The van der Waals surface area contributed by atoms with E-state index in [9.17, 15) is 5.11 Å². The normalized spacial score (nSPS) is 31.8. The smallest absolute Gasteiger partial charge is 0.194 e. The molecule has 76 valence electrons. The van der Waals surface area contributed by atoms with Crippen LogP contribution in [0.25, 0.3) is 0 Å². The van der Waals surface area contributed by atoms with Gasteiger partial charge in [-0.1, -0.05) is 19.3 Å². The maximum absolute atomic E-state index is 10.4. The third-order valence-electron chi connectivity index (χ3n) is 3.36. The van der Waals surface area contributed by atoms with E-state index in [0.717, 1.165) is 25.7 Å². The van der Waals surface area contributed by atoms with Crippen molar-refractivity contribution in [1.82, 2.24) is 0 Å². The number of hydrogen-bond donors (Lipinski definition) is 1. The van der Waals surface area contributed by atoms with Crippen molar-refractivity contribution in [2.75, 3.05) is 13.2 Å². The van der Waals surface area contributed by atoms with Crippen LogP contribution in [0, 0.1) is 0 Å². The molecule has 0 atom stereocenters. The second kappa shape index (κ2) is 3.23. The molecule has 0 aromatic rings. The van der Waals surface area contributed by atoms with Gasteiger partial charge in [0.25, 0.3) is 0 Å². The Balaban J connectivity index is 2.11. The molecule has 13 heavy (non-hydrogen) atoms. The zero-order chi connectivity index (χ0) is 9.36. The van der Waals surface area contributed by atoms with Crippen molar-refractivity contribution in [2.24, 2.45) is 0 Å². The Kier molecular flexibility index (Phi) is 2.34. The Morgan fingerprint density at radius 2 is 1.54 bits per heavy atom. The highest BCUT2D eigenvalue weighted by molar-refractivity contribution is 4.95. The van der Waals surface area contributed by atoms with Crippen LogP contribution in [-0.4, -0.2) is 29.7 Å². The number of hydrogen-bond acceptors (Lipinski definition) is 3. The van der Waals surface area contributed by atoms with Crippen molar-refractivity contribution in [2.45, 2.75) is 50.4 Å². The molecule has 0 aromatic heterocycles. The maximum Gasteiger partial charge on any atom is 0.194 e. The summed E-state index contributed by atoms with van der Waals surface area (Å²) < 4.78 is 11.0. The van der Waals surface area contributed by atoms with Crippen LogP contribution < -0.4 is 0 Å². The van der Waals surface area contributed by atoms with Gasteiger partial charge in [-0.15, -0.1) is 0 Å². The largest absolute Gasteiger partial charge is 0.384 e. The molecule has 2 rings (SSSR count). The summed E-state index contributed by atoms with van der Waals surface area (Å²) in [6.07, 6.45) is 5.00. The van der Waals surface area contributed by atoms with E-state index >= 15 is 0 Å². The molecule has 3 heteroatoms. The molecule has 1 saturated carbocycles. The Hall–Kier alpha value is -0.120. The molecule has 0 spiro atoms. The van der Waals surface area contributed by atoms with E-state index in [1.54, 1.807) is 0 Å². The zero-order valence-electron chi connectivity index (χ0n) is 8.21. The first-order valence-corrected chi connectivity index (χ1v) is 5.17. The Morgan fingerprint density at radius 3 is 2.08 bits per heavy atom. The second-order valence-corrected chi connectivity index (χ2v) is 4.23. The minimum atomic E-state index is -0.748. The molecule has 0 amide bonds. The number of rotatable bonds is 1. The summed E-state index contributed by atoms with van der Waals surface area (Å²) >= 11 is 0. The SMILES string of the molecule is CC1(C2(O)CCCCC2)OCCO1. The topological polar surface area (TPSA) is 38.7 Å². The molecule has 1 aliphatic carbocycles. The van der Waals surface area contributed by atoms with E-state index in [-0.39, 0.29) is 0 Å². The van der Waals surface area contributed by atoms with E-state index < -0.39 is 11.4 Å². The fraction of sp³-hybridized carbons (Fsp3) is 1.00. The van der Waals surface area contributed by atoms with Crippen LogP contribution in [0.3, 0.4) is 0 Å². The molecular weight excluding hydrogens is 168 g/mol. The van der Waals surface area contributed by atoms with E-state index in [2.05, 4.69) is 0 Å². The van der Waals surface area contributed by atoms with Gasteiger partial charge in [-0.05, 0) is 19.8 Å². The molecule has 1 aliphatic heterocycles. The van der Waals surface area contributed by atoms with Gasteiger partial charge in [0.1, 0.15) is 5.60 Å². The molecule has 1 saturated heterocycles. The molecular formula is C10H18O3. The third kappa shape index (κ3) is 1.49. The van der Waals surface area contributed by atoms with Crippen LogP contribution in [0.15, 0.2) is 0 Å². The highest BCUT2D eigenvalue weighted by Crippen LogP contribution is 2.41. The van der Waals surface area contributed by atoms with Gasteiger partial charge < -0.3 is 14.6 Å². The fourth-order valence-electron chi connectivity index (χ4n) is 2.37. The molecule has 0 aromatic carbocycles. The Morgan fingerprint density at radius 1 is 1.00 bits per heavy atom. The van der Waals surface area contributed by atoms with Crippen LogP contribution >= 0.6 is 0 Å². The first-order chi connectivity index (χ1) is 6.16. The van der Waals surface area contributed by atoms with Gasteiger partial charge in [0.15, 0.2) is 5.79 Å². The number of aliphatic hydroxyl groups is 1. The van der Waals surface area contributed by atoms with Crippen LogP contribution in [-0.2, 0) is 9.47 Å². The highest BCUT2D eigenvalue weighted by Gasteiger charge is 2.51. The van der Waals surface area contributed by atoms with Crippen molar-refractivity contribution < 1.29 is 14.6 Å². The molecule has 1 heterocycles. The predicted molar refractivity (Wildman–Crippen MR) is 48.3 cm³/mol. The molecule has 1 N–H and O–H groups in total. The second-order valence-electron chi connectivity index (χ2n) is 4.23. The standard InChI is InChI=1S/C10H18O3/c1-9(12-7-8-13-9)10(11)5-3-2-4-6-10/h11H,2-8H2,1H3. The van der Waals surface area contributed by atoms with Crippen molar-refractivity contribution in [3.63, 3.8) is 0 Å². The van der Waals surface area contributed by atoms with Gasteiger partial charge in [-0.2, -0.15) is 0 Å². The lowest BCUT2D eigenvalue weighted by Gasteiger charge is -2.42. The maximum atomic E-state index is 10.4. The summed E-state index contributed by atoms with van der Waals surface area (Å²) in [5.41, 5.74) is -0.748. The lowest BCUT2D eigenvalue weighted by molar-refractivity contribution is -0.267. The molecule has 0 bridgehead atoms. The quantitative estimate of drug-likeness (QED) is 0.673. The van der Waals surface area contributed by atoms with Crippen LogP contribution in [0.1, 0.15) is 39.0 Å². The van der Waals surface area contributed by atoms with E-state index in [1.165, 1.54) is 6.42 Å². The van der Waals surface area contributed by atoms with Gasteiger partial charge in [0.05, 0.1) is 13.2 Å². The molecule has 0 unspecified atom stereocenters. The van der Waals surface area contributed by atoms with Gasteiger partial charge in [0, 0.05) is 0 Å². The van der Waals surface area contributed by atoms with Crippen LogP contribution in [0.4, 0.5) is 0 Å². The monoisotopic (exact) mass is 186 g/mol. The van der Waals surface area contributed by atoms with Crippen molar-refractivity contribution in [3.05, 3.63) is 0 Å². The van der Waals surface area contributed by atoms with Gasteiger partial charge in [0.2, 0.25) is 0 Å². The van der Waals surface area contributed by atoms with Crippen molar-refractivity contribution in [3.8, 4) is 0 Å². The Labute approximate surface area is 79.0 Å². The summed E-state index contributed by atoms with van der Waals surface area (Å²) in [7, 11) is 0. The summed E-state index contributed by atoms with van der Waals surface area (Å²) in [4.78, 5) is 0. The fourth-order valence-corrected chi connectivity index (χ4v) is 2.37. The summed E-state index contributed by atoms with van der Waals surface area (Å²) in [5, 5.41) is 10.4. The van der Waals surface area contributed by atoms with Crippen molar-refractivity contribution >= 4 is 0 Å². The number of ether oxygens (including phenoxy) is 2. The Bertz CT molecular complexity index is 179. The average Bonchev–Trinajstić information content (AvgIpc) is 2.55. The van der Waals surface area contributed by atoms with E-state index in [1.807, 2.05) is 6.92 Å². The molecule has 2 fully saturated rings. The van der Waals surface area contributed by atoms with Crippen LogP contribution in [0.2, 0.25) is 0 Å². The summed E-state index contributed by atoms with van der Waals surface area (Å²) in [6, 6.07) is 0. The van der Waals surface area contributed by atoms with Crippen LogP contribution in [0.5, 0.6) is 0 Å². The first-order valence-electron chi connectivity index (χ1n) is 5.17. The minimum absolute atomic E-state index is 0.610. The predicted octanol–water partition coefficient (Wildman–Crippen LogP) is 1.44. The molecule has 2 aliphatic rings. The third-order valence-corrected chi connectivity index (χ3v) is 3.36. The van der Waals surface area contributed by atoms with Gasteiger partial charge >= 0.3 is 0 Å². The van der Waals surface area contributed by atoms with Gasteiger partial charge in [-0.25, -0.2) is 0 Å². The first kappa shape index (κ1) is 9.44. The van der Waals surface area contributed by atoms with E-state index in [4.69, 9.17) is 9.47 Å². The average molecular weight is 186 g/mol. The highest BCUT2D eigenvalue weighted by atomic mass is 16.7. The molecule has 0 radical (unpaired) electrons. The summed E-state index contributed by atoms with van der Waals surface area (Å²) in [5.74, 6) is -0.743. The lowest BCUT2D eigenvalue weighted by atomic mass is 9.79. The molecule has 3 nitrogen and oxygen atoms in total. The van der Waals surface area contributed by atoms with E-state index in [0.29, 0.717) is 13.2 Å².